The van der Waals surface area contributed by atoms with Gasteiger partial charge in [0.25, 0.3) is 5.91 Å². The average molecular weight is 197 g/mol. The standard InChI is InChI=1S/C9H15N3O2/c1-5-7(3)14-4-8-10-11-9(13)6(2)12(5)8/h5-7H,4H2,1-3H3,(H,11,13). The number of morpholine rings is 1. The molecule has 14 heavy (non-hydrogen) atoms. The first-order chi connectivity index (χ1) is 6.61. The maximum Gasteiger partial charge on any atom is 0.262 e. The Labute approximate surface area is 83.1 Å². The van der Waals surface area contributed by atoms with Crippen LogP contribution in [0.3, 0.4) is 0 Å². The molecule has 0 aliphatic carbocycles. The van der Waals surface area contributed by atoms with Gasteiger partial charge in [0.2, 0.25) is 0 Å². The van der Waals surface area contributed by atoms with Crippen molar-refractivity contribution in [2.24, 2.45) is 5.10 Å². The lowest BCUT2D eigenvalue weighted by Gasteiger charge is -2.44. The minimum atomic E-state index is -0.149. The number of rotatable bonds is 0. The second-order valence-electron chi connectivity index (χ2n) is 3.84. The Bertz CT molecular complexity index is 290. The van der Waals surface area contributed by atoms with Gasteiger partial charge in [-0.15, -0.1) is 0 Å². The van der Waals surface area contributed by atoms with E-state index in [-0.39, 0.29) is 24.1 Å². The Hall–Kier alpha value is -1.10. The fraction of sp³-hybridized carbons (Fsp3) is 0.778. The molecule has 3 unspecified atom stereocenters. The smallest absolute Gasteiger partial charge is 0.262 e. The normalized spacial score (nSPS) is 37.4. The van der Waals surface area contributed by atoms with Crippen LogP contribution in [0.15, 0.2) is 5.10 Å². The molecule has 0 aromatic carbocycles. The summed E-state index contributed by atoms with van der Waals surface area (Å²) in [4.78, 5) is 13.4. The molecule has 2 aliphatic heterocycles. The second-order valence-corrected chi connectivity index (χ2v) is 3.84. The molecule has 0 spiro atoms. The van der Waals surface area contributed by atoms with Gasteiger partial charge in [0, 0.05) is 0 Å². The molecular formula is C9H15N3O2. The van der Waals surface area contributed by atoms with Crippen molar-refractivity contribution in [2.45, 2.75) is 39.0 Å². The van der Waals surface area contributed by atoms with Gasteiger partial charge in [0.05, 0.1) is 12.1 Å². The quantitative estimate of drug-likeness (QED) is 0.591. The molecule has 0 radical (unpaired) electrons. The highest BCUT2D eigenvalue weighted by Gasteiger charge is 2.37. The van der Waals surface area contributed by atoms with Gasteiger partial charge in [-0.3, -0.25) is 4.79 Å². The number of hydrogen-bond donors (Lipinski definition) is 1. The monoisotopic (exact) mass is 197 g/mol. The Kier molecular flexibility index (Phi) is 2.19. The van der Waals surface area contributed by atoms with E-state index in [1.165, 1.54) is 0 Å². The summed E-state index contributed by atoms with van der Waals surface area (Å²) in [5, 5.41) is 3.99. The molecule has 0 bridgehead atoms. The summed E-state index contributed by atoms with van der Waals surface area (Å²) in [7, 11) is 0. The highest BCUT2D eigenvalue weighted by atomic mass is 16.5. The van der Waals surface area contributed by atoms with Crippen LogP contribution in [0.1, 0.15) is 20.8 Å². The van der Waals surface area contributed by atoms with Gasteiger partial charge in [-0.2, -0.15) is 5.10 Å². The zero-order valence-corrected chi connectivity index (χ0v) is 8.65. The predicted molar refractivity (Wildman–Crippen MR) is 51.8 cm³/mol. The number of nitrogens with zero attached hydrogens (tertiary/aromatic N) is 2. The van der Waals surface area contributed by atoms with Crippen LogP contribution in [-0.4, -0.2) is 41.4 Å². The van der Waals surface area contributed by atoms with Crippen LogP contribution in [0.25, 0.3) is 0 Å². The average Bonchev–Trinajstić information content (AvgIpc) is 2.17. The molecule has 1 saturated heterocycles. The lowest BCUT2D eigenvalue weighted by atomic mass is 10.1. The summed E-state index contributed by atoms with van der Waals surface area (Å²) in [6, 6.07) is 0.0485. The molecule has 2 heterocycles. The van der Waals surface area contributed by atoms with Gasteiger partial charge in [-0.25, -0.2) is 5.43 Å². The third-order valence-electron chi connectivity index (χ3n) is 2.98. The maximum atomic E-state index is 11.4. The summed E-state index contributed by atoms with van der Waals surface area (Å²) >= 11 is 0. The molecule has 2 rings (SSSR count). The molecule has 1 fully saturated rings. The van der Waals surface area contributed by atoms with Gasteiger partial charge in [0.15, 0.2) is 5.84 Å². The van der Waals surface area contributed by atoms with Crippen LogP contribution < -0.4 is 5.43 Å². The Morgan fingerprint density at radius 2 is 2.21 bits per heavy atom. The van der Waals surface area contributed by atoms with Gasteiger partial charge in [0.1, 0.15) is 12.6 Å². The van der Waals surface area contributed by atoms with E-state index in [1.807, 2.05) is 18.7 Å². The zero-order valence-electron chi connectivity index (χ0n) is 8.65. The van der Waals surface area contributed by atoms with Crippen molar-refractivity contribution in [1.82, 2.24) is 10.3 Å². The maximum absolute atomic E-state index is 11.4. The van der Waals surface area contributed by atoms with Crippen LogP contribution in [0.4, 0.5) is 0 Å². The molecule has 78 valence electrons. The summed E-state index contributed by atoms with van der Waals surface area (Å²) in [5.41, 5.74) is 2.49. The van der Waals surface area contributed by atoms with Crippen LogP contribution in [0.2, 0.25) is 0 Å². The van der Waals surface area contributed by atoms with Gasteiger partial charge >= 0.3 is 0 Å². The Balaban J connectivity index is 2.28. The third kappa shape index (κ3) is 1.28. The van der Waals surface area contributed by atoms with E-state index in [9.17, 15) is 4.79 Å². The number of carbonyl (C=O) groups excluding carboxylic acids is 1. The van der Waals surface area contributed by atoms with E-state index in [0.29, 0.717) is 6.61 Å². The first-order valence-corrected chi connectivity index (χ1v) is 4.87. The molecule has 0 aromatic heterocycles. The van der Waals surface area contributed by atoms with Crippen molar-refractivity contribution < 1.29 is 9.53 Å². The molecular weight excluding hydrogens is 182 g/mol. The highest BCUT2D eigenvalue weighted by Crippen LogP contribution is 2.20. The number of amides is 1. The number of amidine groups is 1. The van der Waals surface area contributed by atoms with Crippen LogP contribution in [0.5, 0.6) is 0 Å². The predicted octanol–water partition coefficient (Wildman–Crippen LogP) is -0.0726. The number of fused-ring (bicyclic) bond motifs is 1. The minimum Gasteiger partial charge on any atom is -0.368 e. The van der Waals surface area contributed by atoms with Gasteiger partial charge < -0.3 is 9.64 Å². The zero-order chi connectivity index (χ0) is 10.3. The van der Waals surface area contributed by atoms with Crippen molar-refractivity contribution in [3.05, 3.63) is 0 Å². The first kappa shape index (κ1) is 9.45. The number of hydrogen-bond acceptors (Lipinski definition) is 4. The van der Waals surface area contributed by atoms with Gasteiger partial charge in [-0.1, -0.05) is 0 Å². The van der Waals surface area contributed by atoms with Crippen molar-refractivity contribution in [1.29, 1.82) is 0 Å². The van der Waals surface area contributed by atoms with Crippen LogP contribution in [0, 0.1) is 0 Å². The number of hydrazone groups is 1. The Morgan fingerprint density at radius 1 is 1.50 bits per heavy atom. The van der Waals surface area contributed by atoms with E-state index < -0.39 is 0 Å². The fourth-order valence-electron chi connectivity index (χ4n) is 1.89. The van der Waals surface area contributed by atoms with E-state index in [0.717, 1.165) is 5.84 Å². The van der Waals surface area contributed by atoms with E-state index >= 15 is 0 Å². The molecule has 5 heteroatoms. The number of ether oxygens (including phenoxy) is 1. The van der Waals surface area contributed by atoms with E-state index in [2.05, 4.69) is 17.5 Å². The second kappa shape index (κ2) is 3.24. The molecule has 2 aliphatic rings. The highest BCUT2D eigenvalue weighted by molar-refractivity contribution is 5.95. The Morgan fingerprint density at radius 3 is 2.93 bits per heavy atom. The molecule has 5 nitrogen and oxygen atoms in total. The van der Waals surface area contributed by atoms with Crippen molar-refractivity contribution in [3.63, 3.8) is 0 Å². The molecule has 1 amide bonds. The van der Waals surface area contributed by atoms with Crippen molar-refractivity contribution in [2.75, 3.05) is 6.61 Å². The van der Waals surface area contributed by atoms with E-state index in [4.69, 9.17) is 4.74 Å². The summed E-state index contributed by atoms with van der Waals surface area (Å²) in [5.74, 6) is 0.775. The largest absolute Gasteiger partial charge is 0.368 e. The molecule has 1 N–H and O–H groups in total. The number of carbonyl (C=O) groups is 1. The van der Waals surface area contributed by atoms with Crippen molar-refractivity contribution >= 4 is 11.7 Å². The summed E-state index contributed by atoms with van der Waals surface area (Å²) in [6.45, 7) is 6.43. The van der Waals surface area contributed by atoms with Crippen LogP contribution >= 0.6 is 0 Å². The number of nitrogens with one attached hydrogen (secondary N) is 1. The topological polar surface area (TPSA) is 53.9 Å². The lowest BCUT2D eigenvalue weighted by molar-refractivity contribution is -0.128. The summed E-state index contributed by atoms with van der Waals surface area (Å²) < 4.78 is 5.52. The van der Waals surface area contributed by atoms with Crippen LogP contribution in [-0.2, 0) is 9.53 Å². The first-order valence-electron chi connectivity index (χ1n) is 4.87. The van der Waals surface area contributed by atoms with Gasteiger partial charge in [-0.05, 0) is 20.8 Å². The summed E-state index contributed by atoms with van der Waals surface area (Å²) in [6.07, 6.45) is 0.141. The van der Waals surface area contributed by atoms with Crippen molar-refractivity contribution in [3.8, 4) is 0 Å². The minimum absolute atomic E-state index is 0.0466. The molecule has 0 saturated carbocycles. The van der Waals surface area contributed by atoms with E-state index in [1.54, 1.807) is 0 Å². The fourth-order valence-corrected chi connectivity index (χ4v) is 1.89. The SMILES string of the molecule is CC1OCC2=NNC(=O)C(C)N2C1C. The lowest BCUT2D eigenvalue weighted by Crippen LogP contribution is -2.62. The molecule has 3 atom stereocenters. The molecule has 0 aromatic rings. The third-order valence-corrected chi connectivity index (χ3v) is 2.98.